The third-order valence-corrected chi connectivity index (χ3v) is 7.31. The lowest BCUT2D eigenvalue weighted by Crippen LogP contribution is -2.14. The van der Waals surface area contributed by atoms with Gasteiger partial charge in [-0.05, 0) is 72.2 Å². The topological polar surface area (TPSA) is 107 Å². The molecule has 0 heterocycles. The van der Waals surface area contributed by atoms with Crippen LogP contribution in [0.1, 0.15) is 122 Å². The Morgan fingerprint density at radius 2 is 1.34 bits per heavy atom. The number of Topliss-reactive ketones (excluding diaryl/α,β-unsaturated/α-hetero) is 1. The van der Waals surface area contributed by atoms with Crippen LogP contribution >= 0.6 is 0 Å². The number of carboxylic acid groups (broad SMARTS) is 1. The summed E-state index contributed by atoms with van der Waals surface area (Å²) in [4.78, 5) is 36.8. The highest BCUT2D eigenvalue weighted by Gasteiger charge is 2.20. The number of hydrogen-bond acceptors (Lipinski definition) is 4. The highest BCUT2D eigenvalue weighted by molar-refractivity contribution is 6.11. The zero-order chi connectivity index (χ0) is 32.8. The summed E-state index contributed by atoms with van der Waals surface area (Å²) in [5.41, 5.74) is 3.64. The number of rotatable bonds is 7. The fourth-order valence-corrected chi connectivity index (χ4v) is 4.07. The van der Waals surface area contributed by atoms with Crippen LogP contribution in [0.2, 0.25) is 0 Å². The van der Waals surface area contributed by atoms with Gasteiger partial charge in [0.05, 0.1) is 5.56 Å². The molecule has 1 amide bonds. The number of hydrogen-bond donors (Lipinski definition) is 3. The van der Waals surface area contributed by atoms with Gasteiger partial charge in [-0.15, -0.1) is 0 Å². The highest BCUT2D eigenvalue weighted by Crippen LogP contribution is 2.31. The third kappa shape index (κ3) is 11.4. The molecule has 0 aromatic heterocycles. The zero-order valence-electron chi connectivity index (χ0n) is 27.1. The quantitative estimate of drug-likeness (QED) is 0.186. The van der Waals surface area contributed by atoms with E-state index in [-0.39, 0.29) is 22.5 Å². The van der Waals surface area contributed by atoms with E-state index in [4.69, 9.17) is 5.41 Å². The number of carbonyl (C=O) groups excluding carboxylic acids is 2. The van der Waals surface area contributed by atoms with Gasteiger partial charge in [0, 0.05) is 22.5 Å². The standard InChI is InChI=1S/C26H22N2O4.C5H10.C4H8.C3H8/c1-4-17-5-11-21(22-12-8-19(16(3)29)14-24(22)26(31)32)23(13-17)25(30)28-20-9-6-18(7-10-20)15(2)27;1-5-3-2-4-5;1-4-2-3-4;1-3-2/h4-14,27H,1H2,2-3H3,(H,28,30)(H,31,32);5H,2-4H2,1H3;4H,2-3H2,1H3;3H2,1-2H3. The summed E-state index contributed by atoms with van der Waals surface area (Å²) in [5, 5.41) is 20.2. The molecule has 0 atom stereocenters. The third-order valence-electron chi connectivity index (χ3n) is 7.31. The molecule has 0 radical (unpaired) electrons. The molecule has 6 nitrogen and oxygen atoms in total. The molecule has 44 heavy (non-hydrogen) atoms. The first-order chi connectivity index (χ1) is 20.9. The molecule has 3 aromatic rings. The van der Waals surface area contributed by atoms with Crippen LogP contribution in [-0.2, 0) is 0 Å². The van der Waals surface area contributed by atoms with Gasteiger partial charge in [-0.2, -0.15) is 0 Å². The normalized spacial score (nSPS) is 13.2. The number of carboxylic acids is 1. The summed E-state index contributed by atoms with van der Waals surface area (Å²) in [7, 11) is 0. The van der Waals surface area contributed by atoms with Crippen LogP contribution in [-0.4, -0.2) is 28.5 Å². The molecular formula is C38H48N2O4. The van der Waals surface area contributed by atoms with Gasteiger partial charge in [-0.25, -0.2) is 4.79 Å². The molecule has 3 N–H and O–H groups in total. The highest BCUT2D eigenvalue weighted by atomic mass is 16.4. The lowest BCUT2D eigenvalue weighted by molar-refractivity contribution is 0.0697. The van der Waals surface area contributed by atoms with Crippen molar-refractivity contribution in [3.05, 3.63) is 95.1 Å². The lowest BCUT2D eigenvalue weighted by atomic mass is 9.88. The lowest BCUT2D eigenvalue weighted by Gasteiger charge is -2.18. The first kappa shape index (κ1) is 35.9. The van der Waals surface area contributed by atoms with E-state index in [9.17, 15) is 19.5 Å². The summed E-state index contributed by atoms with van der Waals surface area (Å²) in [6.45, 7) is 15.6. The Morgan fingerprint density at radius 1 is 0.841 bits per heavy atom. The van der Waals surface area contributed by atoms with Crippen LogP contribution in [0.25, 0.3) is 17.2 Å². The molecule has 0 unspecified atom stereocenters. The van der Waals surface area contributed by atoms with E-state index in [0.717, 1.165) is 17.4 Å². The molecule has 0 spiro atoms. The first-order valence-electron chi connectivity index (χ1n) is 15.5. The summed E-state index contributed by atoms with van der Waals surface area (Å²) in [6, 6.07) is 16.3. The van der Waals surface area contributed by atoms with Gasteiger partial charge >= 0.3 is 5.97 Å². The minimum Gasteiger partial charge on any atom is -0.478 e. The monoisotopic (exact) mass is 596 g/mol. The van der Waals surface area contributed by atoms with E-state index < -0.39 is 11.9 Å². The van der Waals surface area contributed by atoms with E-state index >= 15 is 0 Å². The second kappa shape index (κ2) is 17.7. The van der Waals surface area contributed by atoms with Crippen LogP contribution in [0.5, 0.6) is 0 Å². The summed E-state index contributed by atoms with van der Waals surface area (Å²) >= 11 is 0. The molecule has 3 aromatic carbocycles. The van der Waals surface area contributed by atoms with Gasteiger partial charge in [0.25, 0.3) is 5.91 Å². The average molecular weight is 597 g/mol. The van der Waals surface area contributed by atoms with E-state index in [1.165, 1.54) is 51.5 Å². The summed E-state index contributed by atoms with van der Waals surface area (Å²) in [6.07, 6.45) is 10.3. The van der Waals surface area contributed by atoms with E-state index in [1.807, 2.05) is 0 Å². The molecule has 0 bridgehead atoms. The van der Waals surface area contributed by atoms with E-state index in [2.05, 4.69) is 39.6 Å². The second-order valence-corrected chi connectivity index (χ2v) is 11.7. The van der Waals surface area contributed by atoms with Crippen LogP contribution < -0.4 is 5.32 Å². The Morgan fingerprint density at radius 3 is 1.75 bits per heavy atom. The SMILES string of the molecule is C=Cc1ccc(-c2ccc(C(C)=O)cc2C(=O)O)c(C(=O)Nc2ccc(C(C)=N)cc2)c1.CC1CC1.CC1CCC1.CCC. The number of anilines is 1. The van der Waals surface area contributed by atoms with Gasteiger partial charge in [-0.3, -0.25) is 9.59 Å². The fourth-order valence-electron chi connectivity index (χ4n) is 4.07. The van der Waals surface area contributed by atoms with Gasteiger partial charge in [0.15, 0.2) is 5.78 Å². The Bertz CT molecular complexity index is 1450. The largest absolute Gasteiger partial charge is 0.478 e. The minimum atomic E-state index is -1.19. The van der Waals surface area contributed by atoms with Gasteiger partial charge in [-0.1, -0.05) is 115 Å². The molecule has 2 aliphatic carbocycles. The van der Waals surface area contributed by atoms with Crippen molar-refractivity contribution in [1.29, 1.82) is 5.41 Å². The molecule has 0 saturated heterocycles. The van der Waals surface area contributed by atoms with Crippen LogP contribution in [0.3, 0.4) is 0 Å². The zero-order valence-corrected chi connectivity index (χ0v) is 27.1. The van der Waals surface area contributed by atoms with E-state index in [1.54, 1.807) is 67.6 Å². The molecule has 234 valence electrons. The van der Waals surface area contributed by atoms with Crippen molar-refractivity contribution >= 4 is 35.1 Å². The molecule has 2 saturated carbocycles. The van der Waals surface area contributed by atoms with Crippen molar-refractivity contribution in [2.75, 3.05) is 5.32 Å². The van der Waals surface area contributed by atoms with Crippen LogP contribution in [0.15, 0.2) is 67.2 Å². The maximum Gasteiger partial charge on any atom is 0.336 e. The van der Waals surface area contributed by atoms with Gasteiger partial charge in [0.1, 0.15) is 0 Å². The maximum atomic E-state index is 13.2. The van der Waals surface area contributed by atoms with Crippen molar-refractivity contribution in [2.45, 2.75) is 80.1 Å². The van der Waals surface area contributed by atoms with Crippen LogP contribution in [0, 0.1) is 17.2 Å². The molecular weight excluding hydrogens is 548 g/mol. The second-order valence-electron chi connectivity index (χ2n) is 11.7. The van der Waals surface area contributed by atoms with Gasteiger partial charge < -0.3 is 15.8 Å². The number of nitrogens with one attached hydrogen (secondary N) is 2. The smallest absolute Gasteiger partial charge is 0.336 e. The van der Waals surface area contributed by atoms with Crippen LogP contribution in [0.4, 0.5) is 5.69 Å². The maximum absolute atomic E-state index is 13.2. The number of carbonyl (C=O) groups is 3. The molecule has 2 aliphatic rings. The Hall–Kier alpha value is -4.32. The number of benzene rings is 3. The summed E-state index contributed by atoms with van der Waals surface area (Å²) < 4.78 is 0. The minimum absolute atomic E-state index is 0.0658. The molecule has 5 rings (SSSR count). The van der Waals surface area contributed by atoms with Crippen molar-refractivity contribution in [3.8, 4) is 11.1 Å². The molecule has 2 fully saturated rings. The number of ketones is 1. The molecule has 0 aliphatic heterocycles. The number of aromatic carboxylic acids is 1. The first-order valence-corrected chi connectivity index (χ1v) is 15.5. The van der Waals surface area contributed by atoms with Crippen molar-refractivity contribution in [2.24, 2.45) is 11.8 Å². The Balaban J connectivity index is 0.000000467. The summed E-state index contributed by atoms with van der Waals surface area (Å²) in [5.74, 6) is 0.285. The predicted molar refractivity (Wildman–Crippen MR) is 183 cm³/mol. The fraction of sp³-hybridized carbons (Fsp3) is 0.368. The Labute approximate surface area is 263 Å². The van der Waals surface area contributed by atoms with Gasteiger partial charge in [0.2, 0.25) is 0 Å². The molecule has 6 heteroatoms. The van der Waals surface area contributed by atoms with Crippen molar-refractivity contribution < 1.29 is 19.5 Å². The number of amides is 1. The average Bonchev–Trinajstić information content (AvgIpc) is 3.78. The van der Waals surface area contributed by atoms with Crippen molar-refractivity contribution in [1.82, 2.24) is 0 Å². The van der Waals surface area contributed by atoms with E-state index in [0.29, 0.717) is 28.1 Å². The Kier molecular flexibility index (Phi) is 14.4. The predicted octanol–water partition coefficient (Wildman–Crippen LogP) is 10.2. The van der Waals surface area contributed by atoms with Crippen molar-refractivity contribution in [3.63, 3.8) is 0 Å².